The van der Waals surface area contributed by atoms with Gasteiger partial charge in [0.2, 0.25) is 5.88 Å². The van der Waals surface area contributed by atoms with E-state index in [0.717, 1.165) is 34.4 Å². The number of hydrogen-bond acceptors (Lipinski definition) is 6. The van der Waals surface area contributed by atoms with Crippen LogP contribution in [0.25, 0.3) is 5.57 Å². The van der Waals surface area contributed by atoms with Gasteiger partial charge in [0.25, 0.3) is 0 Å². The van der Waals surface area contributed by atoms with E-state index in [1.807, 2.05) is 30.3 Å². The van der Waals surface area contributed by atoms with Crippen molar-refractivity contribution >= 4 is 17.8 Å². The Morgan fingerprint density at radius 2 is 2.14 bits per heavy atom. The molecule has 0 fully saturated rings. The van der Waals surface area contributed by atoms with Crippen LogP contribution in [0, 0.1) is 0 Å². The number of carbonyl (C=O) groups excluding carboxylic acids is 2. The maximum absolute atomic E-state index is 12.8. The molecule has 6 heteroatoms. The van der Waals surface area contributed by atoms with Crippen LogP contribution < -0.4 is 21.2 Å². The third-order valence-corrected chi connectivity index (χ3v) is 4.99. The topological polar surface area (TPSA) is 79.8 Å². The molecule has 2 aromatic rings. The van der Waals surface area contributed by atoms with Gasteiger partial charge in [-0.25, -0.2) is 9.79 Å². The Labute approximate surface area is 162 Å². The summed E-state index contributed by atoms with van der Waals surface area (Å²) < 4.78 is 5.70. The highest BCUT2D eigenvalue weighted by atomic mass is 16.5. The Kier molecular flexibility index (Phi) is 5.04. The van der Waals surface area contributed by atoms with Crippen LogP contribution in [0.15, 0.2) is 65.1 Å². The third-order valence-electron chi connectivity index (χ3n) is 4.99. The van der Waals surface area contributed by atoms with E-state index in [2.05, 4.69) is 15.6 Å². The van der Waals surface area contributed by atoms with Crippen LogP contribution in [0.2, 0.25) is 0 Å². The number of hydrogen-bond donors (Lipinski definition) is 2. The molecule has 142 valence electrons. The molecule has 0 aliphatic carbocycles. The predicted molar refractivity (Wildman–Crippen MR) is 105 cm³/mol. The van der Waals surface area contributed by atoms with Crippen molar-refractivity contribution in [3.63, 3.8) is 0 Å². The van der Waals surface area contributed by atoms with Crippen LogP contribution in [-0.2, 0) is 16.0 Å². The molecular formula is C22H21N3O3. The van der Waals surface area contributed by atoms with Crippen molar-refractivity contribution in [1.29, 1.82) is 0 Å². The molecule has 0 saturated heterocycles. The van der Waals surface area contributed by atoms with Gasteiger partial charge in [-0.15, -0.1) is 0 Å². The Morgan fingerprint density at radius 3 is 2.96 bits per heavy atom. The van der Waals surface area contributed by atoms with Gasteiger partial charge < -0.3 is 15.4 Å². The molecule has 0 aromatic heterocycles. The zero-order valence-electron chi connectivity index (χ0n) is 15.6. The van der Waals surface area contributed by atoms with E-state index in [1.54, 1.807) is 25.2 Å². The van der Waals surface area contributed by atoms with Crippen LogP contribution in [0.4, 0.5) is 0 Å². The number of allylic oxidation sites excluding steroid dienone is 1. The smallest absolute Gasteiger partial charge is 0.330 e. The second-order valence-corrected chi connectivity index (χ2v) is 6.79. The normalized spacial score (nSPS) is 15.8. The Hall–Kier alpha value is -3.25. The fraction of sp³-hybridized carbons (Fsp3) is 0.227. The lowest BCUT2D eigenvalue weighted by Gasteiger charge is -2.22. The molecule has 0 amide bonds. The summed E-state index contributed by atoms with van der Waals surface area (Å²) in [4.78, 5) is 28.4. The zero-order valence-corrected chi connectivity index (χ0v) is 15.6. The number of likely N-dealkylation sites (N-methyl/N-ethyl adjacent to an activating group) is 1. The number of aldehydes is 1. The standard InChI is InChI=1S/C22H21N3O3/c1-23-19(12-14-5-4-6-15(11-14)13-26)22(27)28-21-20-17(9-10-24-21)16-7-2-3-8-18(16)25-20/h2-8,11,13,19,23-24H,9-10,12H2,1H3/t19-/m0/s1. The fourth-order valence-electron chi connectivity index (χ4n) is 3.56. The van der Waals surface area contributed by atoms with Crippen LogP contribution in [0.1, 0.15) is 22.3 Å². The number of nitrogens with zero attached hydrogens (tertiary/aromatic N) is 1. The largest absolute Gasteiger partial charge is 0.406 e. The number of carbonyl (C=O) groups is 2. The van der Waals surface area contributed by atoms with Gasteiger partial charge in [-0.3, -0.25) is 4.79 Å². The summed E-state index contributed by atoms with van der Waals surface area (Å²) in [5.74, 6) is 0.0192. The van der Waals surface area contributed by atoms with Crippen molar-refractivity contribution in [2.45, 2.75) is 18.9 Å². The summed E-state index contributed by atoms with van der Waals surface area (Å²) in [6, 6.07) is 14.6. The summed E-state index contributed by atoms with van der Waals surface area (Å²) in [6.07, 6.45) is 2.06. The van der Waals surface area contributed by atoms with Crippen molar-refractivity contribution in [2.24, 2.45) is 4.99 Å². The molecule has 0 spiro atoms. The molecule has 0 unspecified atom stereocenters. The molecule has 6 nitrogen and oxygen atoms in total. The van der Waals surface area contributed by atoms with Gasteiger partial charge in [0.1, 0.15) is 18.0 Å². The highest BCUT2D eigenvalue weighted by Crippen LogP contribution is 2.25. The summed E-state index contributed by atoms with van der Waals surface area (Å²) in [5, 5.41) is 8.17. The minimum absolute atomic E-state index is 0.388. The highest BCUT2D eigenvalue weighted by Gasteiger charge is 2.27. The lowest BCUT2D eigenvalue weighted by Crippen LogP contribution is -2.39. The molecule has 2 N–H and O–H groups in total. The number of esters is 1. The lowest BCUT2D eigenvalue weighted by molar-refractivity contribution is -0.142. The molecule has 1 atom stereocenters. The third kappa shape index (κ3) is 3.46. The van der Waals surface area contributed by atoms with Crippen molar-refractivity contribution in [2.75, 3.05) is 13.6 Å². The molecule has 2 aliphatic heterocycles. The molecule has 2 aliphatic rings. The minimum Gasteiger partial charge on any atom is -0.406 e. The second kappa shape index (κ2) is 7.78. The first-order chi connectivity index (χ1) is 13.7. The van der Waals surface area contributed by atoms with Gasteiger partial charge in [0.05, 0.1) is 5.36 Å². The molecule has 4 rings (SSSR count). The van der Waals surface area contributed by atoms with Gasteiger partial charge in [-0.05, 0) is 43.2 Å². The molecule has 0 saturated carbocycles. The number of nitrogens with one attached hydrogen (secondary N) is 2. The average molecular weight is 375 g/mol. The van der Waals surface area contributed by atoms with Crippen molar-refractivity contribution in [1.82, 2.24) is 10.6 Å². The minimum atomic E-state index is -0.536. The van der Waals surface area contributed by atoms with Gasteiger partial charge in [-0.1, -0.05) is 36.4 Å². The van der Waals surface area contributed by atoms with Crippen LogP contribution in [0.3, 0.4) is 0 Å². The summed E-state index contributed by atoms with van der Waals surface area (Å²) in [6.45, 7) is 0.691. The first kappa shape index (κ1) is 18.1. The van der Waals surface area contributed by atoms with E-state index in [1.165, 1.54) is 0 Å². The molecule has 28 heavy (non-hydrogen) atoms. The number of fused-ring (bicyclic) bond motifs is 2. The predicted octanol–water partition coefficient (Wildman–Crippen LogP) is 0.819. The zero-order chi connectivity index (χ0) is 19.5. The lowest BCUT2D eigenvalue weighted by atomic mass is 10.0. The van der Waals surface area contributed by atoms with E-state index in [4.69, 9.17) is 4.74 Å². The van der Waals surface area contributed by atoms with E-state index < -0.39 is 6.04 Å². The van der Waals surface area contributed by atoms with Gasteiger partial charge in [0.15, 0.2) is 0 Å². The Balaban J connectivity index is 1.57. The monoisotopic (exact) mass is 375 g/mol. The molecular weight excluding hydrogens is 354 g/mol. The molecule has 0 radical (unpaired) electrons. The van der Waals surface area contributed by atoms with E-state index in [0.29, 0.717) is 30.1 Å². The maximum atomic E-state index is 12.8. The van der Waals surface area contributed by atoms with E-state index >= 15 is 0 Å². The number of benzene rings is 2. The van der Waals surface area contributed by atoms with Gasteiger partial charge in [-0.2, -0.15) is 0 Å². The van der Waals surface area contributed by atoms with Gasteiger partial charge >= 0.3 is 5.97 Å². The highest BCUT2D eigenvalue weighted by molar-refractivity contribution is 5.79. The van der Waals surface area contributed by atoms with Crippen molar-refractivity contribution in [3.05, 3.63) is 81.8 Å². The van der Waals surface area contributed by atoms with Crippen molar-refractivity contribution < 1.29 is 14.3 Å². The Bertz CT molecular complexity index is 1090. The number of ether oxygens (including phenoxy) is 1. The second-order valence-electron chi connectivity index (χ2n) is 6.79. The van der Waals surface area contributed by atoms with Gasteiger partial charge in [0, 0.05) is 17.3 Å². The van der Waals surface area contributed by atoms with Crippen molar-refractivity contribution in [3.8, 4) is 0 Å². The van der Waals surface area contributed by atoms with E-state index in [-0.39, 0.29) is 5.97 Å². The molecule has 2 aromatic carbocycles. The molecule has 0 bridgehead atoms. The number of para-hydroxylation sites is 1. The maximum Gasteiger partial charge on any atom is 0.330 e. The summed E-state index contributed by atoms with van der Waals surface area (Å²) in [7, 11) is 1.72. The van der Waals surface area contributed by atoms with E-state index in [9.17, 15) is 9.59 Å². The Morgan fingerprint density at radius 1 is 1.29 bits per heavy atom. The van der Waals surface area contributed by atoms with Crippen LogP contribution in [0.5, 0.6) is 0 Å². The quantitative estimate of drug-likeness (QED) is 0.577. The van der Waals surface area contributed by atoms with Crippen LogP contribution in [-0.4, -0.2) is 31.9 Å². The SMILES string of the molecule is CN[C@@H](Cc1cccc(C=O)c1)C(=O)OC1=C2N=c3ccccc3=C2CCN1. The molecule has 2 heterocycles. The summed E-state index contributed by atoms with van der Waals surface area (Å²) >= 11 is 0. The van der Waals surface area contributed by atoms with Crippen LogP contribution >= 0.6 is 0 Å². The first-order valence-electron chi connectivity index (χ1n) is 9.28. The average Bonchev–Trinajstić information content (AvgIpc) is 3.12. The fourth-order valence-corrected chi connectivity index (χ4v) is 3.56. The first-order valence-corrected chi connectivity index (χ1v) is 9.28. The summed E-state index contributed by atoms with van der Waals surface area (Å²) in [5.41, 5.74) is 3.29. The number of rotatable bonds is 6.